The number of hydrogen-bond acceptors (Lipinski definition) is 4. The Balaban J connectivity index is 1.75. The molecule has 0 bridgehead atoms. The molecule has 1 N–H and O–H groups in total. The van der Waals surface area contributed by atoms with Crippen molar-refractivity contribution in [1.29, 1.82) is 0 Å². The lowest BCUT2D eigenvalue weighted by Gasteiger charge is -2.29. The van der Waals surface area contributed by atoms with Crippen LogP contribution in [0.3, 0.4) is 0 Å². The number of aryl methyl sites for hydroxylation is 1. The number of benzene rings is 2. The Hall–Kier alpha value is -3.42. The third kappa shape index (κ3) is 3.92. The number of halogens is 1. The zero-order valence-corrected chi connectivity index (χ0v) is 19.3. The van der Waals surface area contributed by atoms with Crippen LogP contribution in [0.15, 0.2) is 60.2 Å². The minimum absolute atomic E-state index is 0.00206. The molecule has 1 aromatic heterocycles. The topological polar surface area (TPSA) is 63.6 Å². The fraction of sp³-hybridized carbons (Fsp3) is 0.125. The molecule has 0 aliphatic carbocycles. The molecule has 0 atom stereocenters. The fourth-order valence-corrected chi connectivity index (χ4v) is 4.13. The van der Waals surface area contributed by atoms with Gasteiger partial charge in [0.15, 0.2) is 5.11 Å². The minimum Gasteiger partial charge on any atom is -0.497 e. The number of nitrogens with one attached hydrogen (secondary N) is 1. The van der Waals surface area contributed by atoms with Crippen molar-refractivity contribution < 1.29 is 14.3 Å². The summed E-state index contributed by atoms with van der Waals surface area (Å²) in [6.07, 6.45) is 1.60. The van der Waals surface area contributed by atoms with E-state index in [9.17, 15) is 9.59 Å². The molecule has 1 aliphatic rings. The summed E-state index contributed by atoms with van der Waals surface area (Å²) in [5.74, 6) is -0.453. The van der Waals surface area contributed by atoms with Crippen molar-refractivity contribution >= 4 is 52.5 Å². The van der Waals surface area contributed by atoms with Crippen molar-refractivity contribution in [2.75, 3.05) is 12.0 Å². The molecule has 32 heavy (non-hydrogen) atoms. The van der Waals surface area contributed by atoms with E-state index in [2.05, 4.69) is 5.32 Å². The minimum atomic E-state index is -0.532. The quantitative estimate of drug-likeness (QED) is 0.348. The number of nitrogens with zero attached hydrogens (tertiary/aromatic N) is 2. The molecule has 8 heteroatoms. The van der Waals surface area contributed by atoms with Gasteiger partial charge in [0.25, 0.3) is 11.8 Å². The lowest BCUT2D eigenvalue weighted by molar-refractivity contribution is -0.122. The van der Waals surface area contributed by atoms with Crippen molar-refractivity contribution in [3.63, 3.8) is 0 Å². The second-order valence-corrected chi connectivity index (χ2v) is 8.12. The summed E-state index contributed by atoms with van der Waals surface area (Å²) < 4.78 is 7.29. The predicted molar refractivity (Wildman–Crippen MR) is 129 cm³/mol. The average molecular weight is 466 g/mol. The van der Waals surface area contributed by atoms with Crippen LogP contribution < -0.4 is 15.0 Å². The second kappa shape index (κ2) is 8.61. The van der Waals surface area contributed by atoms with Crippen LogP contribution in [0.1, 0.15) is 17.0 Å². The molecule has 0 spiro atoms. The van der Waals surface area contributed by atoms with Gasteiger partial charge in [-0.2, -0.15) is 0 Å². The SMILES string of the molecule is COc1cccc(N2C(=O)/C(=C\c3cc(C)n(-c4ccc(Cl)cc4)c3C)C(=O)NC2=S)c1. The number of carbonyl (C=O) groups excluding carboxylic acids is 2. The molecule has 4 rings (SSSR count). The van der Waals surface area contributed by atoms with Crippen LogP contribution in [0, 0.1) is 13.8 Å². The highest BCUT2D eigenvalue weighted by Crippen LogP contribution is 2.28. The zero-order chi connectivity index (χ0) is 23.0. The summed E-state index contributed by atoms with van der Waals surface area (Å²) in [6, 6.07) is 16.3. The molecular weight excluding hydrogens is 446 g/mol. The number of methoxy groups -OCH3 is 1. The van der Waals surface area contributed by atoms with E-state index in [0.29, 0.717) is 16.5 Å². The van der Waals surface area contributed by atoms with Crippen LogP contribution in [0.25, 0.3) is 11.8 Å². The van der Waals surface area contributed by atoms with Gasteiger partial charge in [-0.05, 0) is 80.2 Å². The number of aromatic nitrogens is 1. The van der Waals surface area contributed by atoms with E-state index < -0.39 is 11.8 Å². The number of anilines is 1. The second-order valence-electron chi connectivity index (χ2n) is 7.30. The van der Waals surface area contributed by atoms with Gasteiger partial charge in [0.05, 0.1) is 12.8 Å². The van der Waals surface area contributed by atoms with Crippen LogP contribution in [-0.2, 0) is 9.59 Å². The van der Waals surface area contributed by atoms with Crippen LogP contribution in [-0.4, -0.2) is 28.6 Å². The summed E-state index contributed by atoms with van der Waals surface area (Å²) in [5, 5.41) is 3.29. The highest BCUT2D eigenvalue weighted by atomic mass is 35.5. The van der Waals surface area contributed by atoms with Crippen LogP contribution in [0.5, 0.6) is 5.75 Å². The van der Waals surface area contributed by atoms with Gasteiger partial charge in [0, 0.05) is 28.2 Å². The Kier molecular flexibility index (Phi) is 5.86. The zero-order valence-electron chi connectivity index (χ0n) is 17.7. The molecule has 0 unspecified atom stereocenters. The summed E-state index contributed by atoms with van der Waals surface area (Å²) in [6.45, 7) is 3.90. The van der Waals surface area contributed by atoms with Crippen molar-refractivity contribution in [1.82, 2.24) is 9.88 Å². The average Bonchev–Trinajstić information content (AvgIpc) is 3.04. The highest BCUT2D eigenvalue weighted by Gasteiger charge is 2.35. The van der Waals surface area contributed by atoms with Crippen molar-refractivity contribution in [2.24, 2.45) is 0 Å². The summed E-state index contributed by atoms with van der Waals surface area (Å²) >= 11 is 11.3. The molecule has 1 aliphatic heterocycles. The van der Waals surface area contributed by atoms with Crippen molar-refractivity contribution in [3.05, 3.63) is 82.1 Å². The Bertz CT molecular complexity index is 1280. The van der Waals surface area contributed by atoms with Crippen LogP contribution >= 0.6 is 23.8 Å². The third-order valence-electron chi connectivity index (χ3n) is 5.27. The van der Waals surface area contributed by atoms with E-state index in [1.807, 2.05) is 48.7 Å². The maximum absolute atomic E-state index is 13.3. The number of rotatable bonds is 4. The molecule has 1 saturated heterocycles. The first-order valence-corrected chi connectivity index (χ1v) is 10.6. The number of thiocarbonyl (C=S) groups is 1. The molecule has 2 heterocycles. The van der Waals surface area contributed by atoms with Gasteiger partial charge in [-0.1, -0.05) is 17.7 Å². The van der Waals surface area contributed by atoms with E-state index >= 15 is 0 Å². The molecule has 6 nitrogen and oxygen atoms in total. The number of ether oxygens (including phenoxy) is 1. The van der Waals surface area contributed by atoms with Gasteiger partial charge in [-0.3, -0.25) is 19.8 Å². The van der Waals surface area contributed by atoms with E-state index in [0.717, 1.165) is 22.6 Å². The Morgan fingerprint density at radius 1 is 1.03 bits per heavy atom. The smallest absolute Gasteiger partial charge is 0.270 e. The number of carbonyl (C=O) groups is 2. The Morgan fingerprint density at radius 3 is 2.44 bits per heavy atom. The summed E-state index contributed by atoms with van der Waals surface area (Å²) in [4.78, 5) is 27.3. The van der Waals surface area contributed by atoms with Gasteiger partial charge in [-0.25, -0.2) is 0 Å². The van der Waals surface area contributed by atoms with E-state index in [-0.39, 0.29) is 10.7 Å². The van der Waals surface area contributed by atoms with Gasteiger partial charge >= 0.3 is 0 Å². The Morgan fingerprint density at radius 2 is 1.75 bits per heavy atom. The first kappa shape index (κ1) is 21.8. The molecule has 3 aromatic rings. The molecule has 162 valence electrons. The van der Waals surface area contributed by atoms with Gasteiger partial charge in [0.1, 0.15) is 11.3 Å². The number of amides is 2. The summed E-state index contributed by atoms with van der Waals surface area (Å²) in [7, 11) is 1.54. The molecule has 0 radical (unpaired) electrons. The molecule has 0 saturated carbocycles. The normalized spacial score (nSPS) is 15.3. The molecular formula is C24H20ClN3O3S. The fourth-order valence-electron chi connectivity index (χ4n) is 3.72. The highest BCUT2D eigenvalue weighted by molar-refractivity contribution is 7.80. The Labute approximate surface area is 196 Å². The van der Waals surface area contributed by atoms with Crippen molar-refractivity contribution in [2.45, 2.75) is 13.8 Å². The first-order valence-electron chi connectivity index (χ1n) is 9.80. The predicted octanol–water partition coefficient (Wildman–Crippen LogP) is 4.59. The van der Waals surface area contributed by atoms with Gasteiger partial charge in [0.2, 0.25) is 0 Å². The van der Waals surface area contributed by atoms with Gasteiger partial charge < -0.3 is 9.30 Å². The maximum Gasteiger partial charge on any atom is 0.270 e. The molecule has 1 fully saturated rings. The van der Waals surface area contributed by atoms with Crippen LogP contribution in [0.4, 0.5) is 5.69 Å². The molecule has 2 amide bonds. The largest absolute Gasteiger partial charge is 0.497 e. The first-order chi connectivity index (χ1) is 15.3. The van der Waals surface area contributed by atoms with E-state index in [4.69, 9.17) is 28.6 Å². The third-order valence-corrected chi connectivity index (χ3v) is 5.80. The maximum atomic E-state index is 13.3. The molecule has 2 aromatic carbocycles. The van der Waals surface area contributed by atoms with Crippen molar-refractivity contribution in [3.8, 4) is 11.4 Å². The van der Waals surface area contributed by atoms with E-state index in [1.54, 1.807) is 37.5 Å². The standard InChI is InChI=1S/C24H20ClN3O3S/c1-14-11-16(15(2)27(14)18-9-7-17(25)8-10-18)12-21-22(29)26-24(32)28(23(21)30)19-5-4-6-20(13-19)31-3/h4-13H,1-3H3,(H,26,29,32)/b21-12-. The number of hydrogen-bond donors (Lipinski definition) is 1. The van der Waals surface area contributed by atoms with Crippen LogP contribution in [0.2, 0.25) is 5.02 Å². The lowest BCUT2D eigenvalue weighted by Crippen LogP contribution is -2.54. The lowest BCUT2D eigenvalue weighted by atomic mass is 10.1. The monoisotopic (exact) mass is 465 g/mol. The van der Waals surface area contributed by atoms with Gasteiger partial charge in [-0.15, -0.1) is 0 Å². The summed E-state index contributed by atoms with van der Waals surface area (Å²) in [5.41, 5.74) is 4.05. The van der Waals surface area contributed by atoms with E-state index in [1.165, 1.54) is 4.90 Å².